The first-order valence-corrected chi connectivity index (χ1v) is 6.64. The van der Waals surface area contributed by atoms with Crippen LogP contribution in [-0.4, -0.2) is 24.5 Å². The van der Waals surface area contributed by atoms with Gasteiger partial charge in [0.05, 0.1) is 12.0 Å². The Hall–Kier alpha value is -2.04. The first-order chi connectivity index (χ1) is 9.31. The van der Waals surface area contributed by atoms with Crippen LogP contribution in [0.1, 0.15) is 41.8 Å². The minimum Gasteiger partial charge on any atom is -0.462 e. The van der Waals surface area contributed by atoms with E-state index in [0.29, 0.717) is 11.3 Å². The molecule has 0 aliphatic rings. The molecule has 0 atom stereocenters. The van der Waals surface area contributed by atoms with E-state index >= 15 is 0 Å². The average Bonchev–Trinajstić information content (AvgIpc) is 2.32. The summed E-state index contributed by atoms with van der Waals surface area (Å²) in [6.45, 7) is 7.53. The molecule has 0 heterocycles. The number of hydrogen-bond donors (Lipinski definition) is 2. The zero-order valence-corrected chi connectivity index (χ0v) is 12.4. The standard InChI is InChI=1S/C15H22N2O3/c1-9(2)17-14(18)5-6-20-15(19)12-8-13(16)11(4)7-10(12)3/h7-9H,5-6,16H2,1-4H3,(H,17,18). The predicted octanol–water partition coefficient (Wildman–Crippen LogP) is 1.96. The lowest BCUT2D eigenvalue weighted by Crippen LogP contribution is -2.31. The number of anilines is 1. The van der Waals surface area contributed by atoms with Gasteiger partial charge in [-0.2, -0.15) is 0 Å². The second-order valence-electron chi connectivity index (χ2n) is 5.13. The molecule has 1 rings (SSSR count). The van der Waals surface area contributed by atoms with Crippen molar-refractivity contribution >= 4 is 17.6 Å². The lowest BCUT2D eigenvalue weighted by Gasteiger charge is -2.11. The molecule has 0 saturated heterocycles. The van der Waals surface area contributed by atoms with Crippen molar-refractivity contribution in [1.82, 2.24) is 5.32 Å². The average molecular weight is 278 g/mol. The van der Waals surface area contributed by atoms with Crippen LogP contribution >= 0.6 is 0 Å². The van der Waals surface area contributed by atoms with E-state index in [1.54, 1.807) is 6.07 Å². The van der Waals surface area contributed by atoms with E-state index in [1.165, 1.54) is 0 Å². The summed E-state index contributed by atoms with van der Waals surface area (Å²) < 4.78 is 5.10. The fourth-order valence-corrected chi connectivity index (χ4v) is 1.80. The molecule has 3 N–H and O–H groups in total. The number of rotatable bonds is 5. The third-order valence-electron chi connectivity index (χ3n) is 2.84. The van der Waals surface area contributed by atoms with Crippen molar-refractivity contribution in [3.05, 3.63) is 28.8 Å². The largest absolute Gasteiger partial charge is 0.462 e. The quantitative estimate of drug-likeness (QED) is 0.637. The van der Waals surface area contributed by atoms with Gasteiger partial charge in [-0.3, -0.25) is 4.79 Å². The minimum absolute atomic E-state index is 0.0601. The van der Waals surface area contributed by atoms with Gasteiger partial charge in [0.2, 0.25) is 5.91 Å². The summed E-state index contributed by atoms with van der Waals surface area (Å²) in [5, 5.41) is 2.73. The van der Waals surface area contributed by atoms with E-state index in [9.17, 15) is 9.59 Å². The molecule has 0 radical (unpaired) electrons. The molecule has 0 aliphatic heterocycles. The topological polar surface area (TPSA) is 81.4 Å². The monoisotopic (exact) mass is 278 g/mol. The Balaban J connectivity index is 2.56. The highest BCUT2D eigenvalue weighted by Gasteiger charge is 2.13. The van der Waals surface area contributed by atoms with Gasteiger partial charge in [0.1, 0.15) is 6.61 Å². The summed E-state index contributed by atoms with van der Waals surface area (Å²) in [4.78, 5) is 23.3. The van der Waals surface area contributed by atoms with Crippen LogP contribution in [0.15, 0.2) is 12.1 Å². The summed E-state index contributed by atoms with van der Waals surface area (Å²) in [5.74, 6) is -0.584. The summed E-state index contributed by atoms with van der Waals surface area (Å²) >= 11 is 0. The van der Waals surface area contributed by atoms with E-state index in [1.807, 2.05) is 33.8 Å². The Kier molecular flexibility index (Phi) is 5.55. The Labute approximate surface area is 119 Å². The Morgan fingerprint density at radius 2 is 1.90 bits per heavy atom. The van der Waals surface area contributed by atoms with Gasteiger partial charge in [0, 0.05) is 11.7 Å². The molecule has 1 aromatic carbocycles. The molecule has 5 nitrogen and oxygen atoms in total. The van der Waals surface area contributed by atoms with Crippen LogP contribution in [0, 0.1) is 13.8 Å². The van der Waals surface area contributed by atoms with E-state index < -0.39 is 5.97 Å². The normalized spacial score (nSPS) is 10.4. The van der Waals surface area contributed by atoms with Crippen molar-refractivity contribution in [3.63, 3.8) is 0 Å². The fourth-order valence-electron chi connectivity index (χ4n) is 1.80. The van der Waals surface area contributed by atoms with Gasteiger partial charge < -0.3 is 15.8 Å². The SMILES string of the molecule is Cc1cc(C)c(C(=O)OCCC(=O)NC(C)C)cc1N. The molecule has 20 heavy (non-hydrogen) atoms. The first kappa shape index (κ1) is 16.0. The smallest absolute Gasteiger partial charge is 0.338 e. The highest BCUT2D eigenvalue weighted by atomic mass is 16.5. The van der Waals surface area contributed by atoms with Crippen molar-refractivity contribution in [2.75, 3.05) is 12.3 Å². The zero-order valence-electron chi connectivity index (χ0n) is 12.4. The highest BCUT2D eigenvalue weighted by molar-refractivity contribution is 5.92. The third-order valence-corrected chi connectivity index (χ3v) is 2.84. The Morgan fingerprint density at radius 3 is 2.50 bits per heavy atom. The molecule has 0 spiro atoms. The van der Waals surface area contributed by atoms with Crippen LogP contribution in [-0.2, 0) is 9.53 Å². The number of hydrogen-bond acceptors (Lipinski definition) is 4. The van der Waals surface area contributed by atoms with Crippen molar-refractivity contribution in [3.8, 4) is 0 Å². The predicted molar refractivity (Wildman–Crippen MR) is 78.5 cm³/mol. The number of aryl methyl sites for hydroxylation is 2. The van der Waals surface area contributed by atoms with Gasteiger partial charge in [-0.15, -0.1) is 0 Å². The molecule has 0 fully saturated rings. The van der Waals surface area contributed by atoms with Crippen LogP contribution in [0.3, 0.4) is 0 Å². The number of amides is 1. The summed E-state index contributed by atoms with van der Waals surface area (Å²) in [7, 11) is 0. The summed E-state index contributed by atoms with van der Waals surface area (Å²) in [6.07, 6.45) is 0.157. The number of benzene rings is 1. The van der Waals surface area contributed by atoms with Crippen LogP contribution in [0.2, 0.25) is 0 Å². The molecule has 0 unspecified atom stereocenters. The molecular weight excluding hydrogens is 256 g/mol. The maximum Gasteiger partial charge on any atom is 0.338 e. The number of carbonyl (C=O) groups excluding carboxylic acids is 2. The summed E-state index contributed by atoms with van der Waals surface area (Å²) in [5.41, 5.74) is 8.52. The number of ether oxygens (including phenoxy) is 1. The molecule has 0 aromatic heterocycles. The van der Waals surface area contributed by atoms with E-state index in [0.717, 1.165) is 11.1 Å². The molecule has 1 aromatic rings. The van der Waals surface area contributed by atoms with Crippen molar-refractivity contribution in [2.45, 2.75) is 40.2 Å². The van der Waals surface area contributed by atoms with Crippen LogP contribution in [0.4, 0.5) is 5.69 Å². The Bertz CT molecular complexity index is 510. The van der Waals surface area contributed by atoms with Gasteiger partial charge in [0.15, 0.2) is 0 Å². The highest BCUT2D eigenvalue weighted by Crippen LogP contribution is 2.18. The molecule has 110 valence electrons. The van der Waals surface area contributed by atoms with Crippen molar-refractivity contribution in [1.29, 1.82) is 0 Å². The number of carbonyl (C=O) groups is 2. The molecule has 1 amide bonds. The first-order valence-electron chi connectivity index (χ1n) is 6.64. The number of nitrogens with two attached hydrogens (primary N) is 1. The van der Waals surface area contributed by atoms with Crippen LogP contribution in [0.25, 0.3) is 0 Å². The maximum absolute atomic E-state index is 11.9. The number of nitrogen functional groups attached to an aromatic ring is 1. The zero-order chi connectivity index (χ0) is 15.3. The summed E-state index contributed by atoms with van der Waals surface area (Å²) in [6, 6.07) is 3.54. The lowest BCUT2D eigenvalue weighted by atomic mass is 10.0. The molecule has 0 saturated carbocycles. The molecule has 5 heteroatoms. The third kappa shape index (κ3) is 4.57. The van der Waals surface area contributed by atoms with Gasteiger partial charge in [-0.25, -0.2) is 4.79 Å². The fraction of sp³-hybridized carbons (Fsp3) is 0.467. The minimum atomic E-state index is -0.452. The van der Waals surface area contributed by atoms with Crippen LogP contribution < -0.4 is 11.1 Å². The second-order valence-corrected chi connectivity index (χ2v) is 5.13. The van der Waals surface area contributed by atoms with E-state index in [-0.39, 0.29) is 25.0 Å². The maximum atomic E-state index is 11.9. The second kappa shape index (κ2) is 6.93. The van der Waals surface area contributed by atoms with Crippen molar-refractivity contribution in [2.24, 2.45) is 0 Å². The van der Waals surface area contributed by atoms with E-state index in [2.05, 4.69) is 5.32 Å². The lowest BCUT2D eigenvalue weighted by molar-refractivity contribution is -0.122. The van der Waals surface area contributed by atoms with Crippen LogP contribution in [0.5, 0.6) is 0 Å². The number of nitrogens with one attached hydrogen (secondary N) is 1. The molecule has 0 bridgehead atoms. The Morgan fingerprint density at radius 1 is 1.25 bits per heavy atom. The van der Waals surface area contributed by atoms with Gasteiger partial charge in [0.25, 0.3) is 0 Å². The van der Waals surface area contributed by atoms with Crippen molar-refractivity contribution < 1.29 is 14.3 Å². The molecular formula is C15H22N2O3. The number of esters is 1. The molecule has 0 aliphatic carbocycles. The van der Waals surface area contributed by atoms with Gasteiger partial charge >= 0.3 is 5.97 Å². The van der Waals surface area contributed by atoms with Gasteiger partial charge in [-0.05, 0) is 44.9 Å². The van der Waals surface area contributed by atoms with Gasteiger partial charge in [-0.1, -0.05) is 6.07 Å². The van der Waals surface area contributed by atoms with E-state index in [4.69, 9.17) is 10.5 Å².